The normalized spacial score (nSPS) is 18.8. The highest BCUT2D eigenvalue weighted by atomic mass is 16.5. The van der Waals surface area contributed by atoms with Crippen LogP contribution in [-0.2, 0) is 18.3 Å². The summed E-state index contributed by atoms with van der Waals surface area (Å²) in [6, 6.07) is 8.59. The number of hydrogen-bond donors (Lipinski definition) is 1. The van der Waals surface area contributed by atoms with Gasteiger partial charge in [-0.1, -0.05) is 18.2 Å². The van der Waals surface area contributed by atoms with E-state index in [0.29, 0.717) is 0 Å². The largest absolute Gasteiger partial charge is 0.381 e. The maximum absolute atomic E-state index is 5.45. The van der Waals surface area contributed by atoms with Crippen molar-refractivity contribution >= 4 is 10.9 Å². The van der Waals surface area contributed by atoms with Gasteiger partial charge in [0.15, 0.2) is 0 Å². The number of nitrogens with zero attached hydrogens (tertiary/aromatic N) is 1. The molecule has 1 fully saturated rings. The van der Waals surface area contributed by atoms with Gasteiger partial charge in [0.05, 0.1) is 0 Å². The van der Waals surface area contributed by atoms with Crippen molar-refractivity contribution in [1.29, 1.82) is 0 Å². The molecule has 0 aliphatic carbocycles. The summed E-state index contributed by atoms with van der Waals surface area (Å²) < 4.78 is 7.65. The van der Waals surface area contributed by atoms with Crippen LogP contribution in [0.5, 0.6) is 0 Å². The standard InChI is InChI=1S/C16H22N2O/c1-16(7-9-19-10-8-16)17-11-13-12-18(2)15-6-4-3-5-14(13)15/h3-6,12,17H,7-11H2,1-2H3. The van der Waals surface area contributed by atoms with Gasteiger partial charge in [-0.15, -0.1) is 0 Å². The summed E-state index contributed by atoms with van der Waals surface area (Å²) in [6.07, 6.45) is 4.43. The molecule has 0 saturated carbocycles. The number of fused-ring (bicyclic) bond motifs is 1. The molecule has 1 saturated heterocycles. The Kier molecular flexibility index (Phi) is 3.33. The Morgan fingerprint density at radius 2 is 2.00 bits per heavy atom. The van der Waals surface area contributed by atoms with Gasteiger partial charge in [0.2, 0.25) is 0 Å². The average molecular weight is 258 g/mol. The number of ether oxygens (including phenoxy) is 1. The fraction of sp³-hybridized carbons (Fsp3) is 0.500. The van der Waals surface area contributed by atoms with Crippen LogP contribution in [0.15, 0.2) is 30.5 Å². The van der Waals surface area contributed by atoms with Crippen LogP contribution in [-0.4, -0.2) is 23.3 Å². The topological polar surface area (TPSA) is 26.2 Å². The van der Waals surface area contributed by atoms with Gasteiger partial charge >= 0.3 is 0 Å². The molecule has 19 heavy (non-hydrogen) atoms. The van der Waals surface area contributed by atoms with Gasteiger partial charge in [-0.2, -0.15) is 0 Å². The zero-order chi connectivity index (χ0) is 13.3. The zero-order valence-electron chi connectivity index (χ0n) is 11.8. The summed E-state index contributed by atoms with van der Waals surface area (Å²) in [5.74, 6) is 0. The first-order valence-corrected chi connectivity index (χ1v) is 7.04. The highest BCUT2D eigenvalue weighted by molar-refractivity contribution is 5.83. The van der Waals surface area contributed by atoms with Crippen molar-refractivity contribution in [2.45, 2.75) is 31.8 Å². The minimum Gasteiger partial charge on any atom is -0.381 e. The van der Waals surface area contributed by atoms with Gasteiger partial charge in [0.1, 0.15) is 0 Å². The minimum absolute atomic E-state index is 0.217. The lowest BCUT2D eigenvalue weighted by Crippen LogP contribution is -2.46. The molecule has 2 aromatic rings. The summed E-state index contributed by atoms with van der Waals surface area (Å²) in [7, 11) is 2.11. The Morgan fingerprint density at radius 1 is 1.26 bits per heavy atom. The maximum Gasteiger partial charge on any atom is 0.0483 e. The number of nitrogens with one attached hydrogen (secondary N) is 1. The van der Waals surface area contributed by atoms with Gasteiger partial charge in [0.25, 0.3) is 0 Å². The molecule has 3 rings (SSSR count). The van der Waals surface area contributed by atoms with Gasteiger partial charge in [-0.3, -0.25) is 0 Å². The molecule has 1 aliphatic rings. The predicted molar refractivity (Wildman–Crippen MR) is 78.2 cm³/mol. The molecule has 0 bridgehead atoms. The molecular weight excluding hydrogens is 236 g/mol. The third kappa shape index (κ3) is 2.53. The van der Waals surface area contributed by atoms with Crippen LogP contribution in [0.2, 0.25) is 0 Å². The number of hydrogen-bond acceptors (Lipinski definition) is 2. The van der Waals surface area contributed by atoms with Crippen molar-refractivity contribution in [3.8, 4) is 0 Å². The molecule has 1 aromatic carbocycles. The van der Waals surface area contributed by atoms with Crippen molar-refractivity contribution in [2.75, 3.05) is 13.2 Å². The van der Waals surface area contributed by atoms with Crippen LogP contribution in [0, 0.1) is 0 Å². The van der Waals surface area contributed by atoms with Crippen molar-refractivity contribution < 1.29 is 4.74 Å². The first-order chi connectivity index (χ1) is 9.18. The van der Waals surface area contributed by atoms with E-state index in [-0.39, 0.29) is 5.54 Å². The molecule has 1 N–H and O–H groups in total. The quantitative estimate of drug-likeness (QED) is 0.916. The van der Waals surface area contributed by atoms with Crippen molar-refractivity contribution in [3.05, 3.63) is 36.0 Å². The minimum atomic E-state index is 0.217. The van der Waals surface area contributed by atoms with Crippen LogP contribution in [0.4, 0.5) is 0 Å². The molecule has 0 radical (unpaired) electrons. The lowest BCUT2D eigenvalue weighted by atomic mass is 9.92. The number of para-hydroxylation sites is 1. The lowest BCUT2D eigenvalue weighted by molar-refractivity contribution is 0.0446. The summed E-state index contributed by atoms with van der Waals surface area (Å²) >= 11 is 0. The van der Waals surface area contributed by atoms with Crippen LogP contribution >= 0.6 is 0 Å². The molecule has 3 nitrogen and oxygen atoms in total. The van der Waals surface area contributed by atoms with Gasteiger partial charge in [-0.25, -0.2) is 0 Å². The van der Waals surface area contributed by atoms with Gasteiger partial charge in [-0.05, 0) is 31.4 Å². The second kappa shape index (κ2) is 4.99. The van der Waals surface area contributed by atoms with E-state index >= 15 is 0 Å². The summed E-state index contributed by atoms with van der Waals surface area (Å²) in [4.78, 5) is 0. The lowest BCUT2D eigenvalue weighted by Gasteiger charge is -2.34. The fourth-order valence-corrected chi connectivity index (χ4v) is 2.87. The Balaban J connectivity index is 1.78. The molecule has 2 heterocycles. The van der Waals surface area contributed by atoms with E-state index in [4.69, 9.17) is 4.74 Å². The van der Waals surface area contributed by atoms with E-state index in [0.717, 1.165) is 32.6 Å². The van der Waals surface area contributed by atoms with Gasteiger partial charge < -0.3 is 14.6 Å². The Hall–Kier alpha value is -1.32. The highest BCUT2D eigenvalue weighted by Gasteiger charge is 2.26. The Bertz CT molecular complexity index is 567. The van der Waals surface area contributed by atoms with Crippen LogP contribution < -0.4 is 5.32 Å². The molecule has 102 valence electrons. The van der Waals surface area contributed by atoms with Crippen LogP contribution in [0.3, 0.4) is 0 Å². The average Bonchev–Trinajstić information content (AvgIpc) is 2.75. The fourth-order valence-electron chi connectivity index (χ4n) is 2.87. The zero-order valence-corrected chi connectivity index (χ0v) is 11.8. The molecule has 3 heteroatoms. The summed E-state index contributed by atoms with van der Waals surface area (Å²) in [5, 5.41) is 5.08. The molecule has 1 aromatic heterocycles. The second-order valence-corrected chi connectivity index (χ2v) is 5.81. The van der Waals surface area contributed by atoms with E-state index < -0.39 is 0 Å². The number of aromatic nitrogens is 1. The summed E-state index contributed by atoms with van der Waals surface area (Å²) in [5.41, 5.74) is 2.90. The Morgan fingerprint density at radius 3 is 2.79 bits per heavy atom. The first-order valence-electron chi connectivity index (χ1n) is 7.04. The van der Waals surface area contributed by atoms with Crippen molar-refractivity contribution in [1.82, 2.24) is 9.88 Å². The SMILES string of the molecule is Cn1cc(CNC2(C)CCOCC2)c2ccccc21. The monoisotopic (exact) mass is 258 g/mol. The van der Waals surface area contributed by atoms with Crippen LogP contribution in [0.1, 0.15) is 25.3 Å². The third-order valence-corrected chi connectivity index (χ3v) is 4.28. The van der Waals surface area contributed by atoms with E-state index in [2.05, 4.69) is 54.3 Å². The smallest absolute Gasteiger partial charge is 0.0483 e. The highest BCUT2D eigenvalue weighted by Crippen LogP contribution is 2.23. The summed E-state index contributed by atoms with van der Waals surface area (Å²) in [6.45, 7) is 4.98. The third-order valence-electron chi connectivity index (χ3n) is 4.28. The molecule has 0 amide bonds. The molecule has 1 aliphatic heterocycles. The van der Waals surface area contributed by atoms with Gasteiger partial charge in [0, 0.05) is 49.4 Å². The number of aryl methyl sites for hydroxylation is 1. The predicted octanol–water partition coefficient (Wildman–Crippen LogP) is 2.84. The van der Waals surface area contributed by atoms with Crippen LogP contribution in [0.25, 0.3) is 10.9 Å². The Labute approximate surface area is 114 Å². The molecule has 0 atom stereocenters. The second-order valence-electron chi connectivity index (χ2n) is 5.81. The van der Waals surface area contributed by atoms with E-state index in [1.54, 1.807) is 0 Å². The molecule has 0 spiro atoms. The maximum atomic E-state index is 5.45. The van der Waals surface area contributed by atoms with Crippen molar-refractivity contribution in [2.24, 2.45) is 7.05 Å². The number of benzene rings is 1. The van der Waals surface area contributed by atoms with Crippen molar-refractivity contribution in [3.63, 3.8) is 0 Å². The number of rotatable bonds is 3. The molecule has 0 unspecified atom stereocenters. The van der Waals surface area contributed by atoms with E-state index in [1.807, 2.05) is 0 Å². The van der Waals surface area contributed by atoms with E-state index in [9.17, 15) is 0 Å². The van der Waals surface area contributed by atoms with E-state index in [1.165, 1.54) is 16.5 Å². The first kappa shape index (κ1) is 12.7. The molecular formula is C16H22N2O.